The third-order valence-electron chi connectivity index (χ3n) is 6.28. The highest BCUT2D eigenvalue weighted by Crippen LogP contribution is 2.33. The molecule has 1 aliphatic heterocycles. The number of aliphatic hydroxyl groups is 1. The van der Waals surface area contributed by atoms with Gasteiger partial charge in [-0.3, -0.25) is 19.7 Å². The van der Waals surface area contributed by atoms with Gasteiger partial charge in [-0.15, -0.1) is 5.10 Å². The number of likely N-dealkylation sites (N-methyl/N-ethyl adjacent to an activating group) is 1. The average molecular weight is 493 g/mol. The molecule has 0 spiro atoms. The van der Waals surface area contributed by atoms with Crippen molar-refractivity contribution >= 4 is 23.1 Å². The number of rotatable bonds is 4. The summed E-state index contributed by atoms with van der Waals surface area (Å²) >= 11 is 0. The van der Waals surface area contributed by atoms with E-state index in [1.807, 2.05) is 57.8 Å². The average Bonchev–Trinajstić information content (AvgIpc) is 3.49. The molecule has 0 amide bonds. The standard InChI is InChI=1S/C25H32N8O3/c1-6-35-24-17-7-8-20-18-11-21(27-16(3)23(18)29-28-20)19-12-26-32(5)25(19)36-15(2)13-31(4)14-22(17)33(30-24)9-10-34/h7-8,11-12,15,34H,6,9-10,13-14H2,1-5H3,(H,28,29)/b8-7+/t15-/m1/s1. The van der Waals surface area contributed by atoms with Crippen molar-refractivity contribution in [2.45, 2.75) is 40.0 Å². The molecule has 36 heavy (non-hydrogen) atoms. The van der Waals surface area contributed by atoms with Crippen LogP contribution in [0.3, 0.4) is 0 Å². The van der Waals surface area contributed by atoms with Gasteiger partial charge in [0.05, 0.1) is 59.9 Å². The van der Waals surface area contributed by atoms with Crippen LogP contribution in [-0.2, 0) is 20.1 Å². The van der Waals surface area contributed by atoms with Crippen molar-refractivity contribution in [3.05, 3.63) is 34.9 Å². The molecule has 190 valence electrons. The minimum atomic E-state index is -0.122. The first-order chi connectivity index (χ1) is 17.4. The van der Waals surface area contributed by atoms with Crippen LogP contribution in [0.15, 0.2) is 12.3 Å². The van der Waals surface area contributed by atoms with Crippen LogP contribution in [0.2, 0.25) is 0 Å². The molecule has 0 aliphatic carbocycles. The molecule has 4 aromatic rings. The summed E-state index contributed by atoms with van der Waals surface area (Å²) in [5.74, 6) is 1.21. The van der Waals surface area contributed by atoms with Crippen LogP contribution in [0.1, 0.15) is 36.5 Å². The summed E-state index contributed by atoms with van der Waals surface area (Å²) < 4.78 is 15.8. The van der Waals surface area contributed by atoms with Crippen LogP contribution in [0.25, 0.3) is 34.3 Å². The van der Waals surface area contributed by atoms with E-state index in [0.717, 1.165) is 44.8 Å². The van der Waals surface area contributed by atoms with Crippen LogP contribution in [-0.4, -0.2) is 77.7 Å². The van der Waals surface area contributed by atoms with Gasteiger partial charge in [-0.25, -0.2) is 4.68 Å². The zero-order chi connectivity index (χ0) is 25.4. The van der Waals surface area contributed by atoms with Crippen molar-refractivity contribution in [1.29, 1.82) is 0 Å². The largest absolute Gasteiger partial charge is 0.476 e. The zero-order valence-electron chi connectivity index (χ0n) is 21.3. The molecule has 0 unspecified atom stereocenters. The maximum atomic E-state index is 9.67. The molecular formula is C25H32N8O3. The highest BCUT2D eigenvalue weighted by atomic mass is 16.5. The first-order valence-corrected chi connectivity index (χ1v) is 12.1. The van der Waals surface area contributed by atoms with E-state index < -0.39 is 0 Å². The third kappa shape index (κ3) is 4.35. The van der Waals surface area contributed by atoms with Crippen molar-refractivity contribution in [3.63, 3.8) is 0 Å². The molecule has 0 saturated carbocycles. The molecule has 5 heterocycles. The van der Waals surface area contributed by atoms with Crippen LogP contribution in [0.4, 0.5) is 0 Å². The second-order valence-corrected chi connectivity index (χ2v) is 9.12. The summed E-state index contributed by atoms with van der Waals surface area (Å²) in [6.45, 7) is 8.04. The molecule has 0 saturated heterocycles. The lowest BCUT2D eigenvalue weighted by atomic mass is 10.1. The Balaban J connectivity index is 1.71. The summed E-state index contributed by atoms with van der Waals surface area (Å²) in [4.78, 5) is 6.99. The van der Waals surface area contributed by atoms with Crippen molar-refractivity contribution < 1.29 is 14.6 Å². The van der Waals surface area contributed by atoms with Crippen LogP contribution < -0.4 is 9.47 Å². The molecule has 5 rings (SSSR count). The van der Waals surface area contributed by atoms with Gasteiger partial charge in [0, 0.05) is 25.5 Å². The Hall–Kier alpha value is -3.70. The van der Waals surface area contributed by atoms with E-state index in [4.69, 9.17) is 14.5 Å². The van der Waals surface area contributed by atoms with Gasteiger partial charge >= 0.3 is 0 Å². The van der Waals surface area contributed by atoms with E-state index in [1.54, 1.807) is 10.9 Å². The monoisotopic (exact) mass is 492 g/mol. The zero-order valence-corrected chi connectivity index (χ0v) is 21.3. The highest BCUT2D eigenvalue weighted by Gasteiger charge is 2.23. The van der Waals surface area contributed by atoms with E-state index in [-0.39, 0.29) is 12.7 Å². The van der Waals surface area contributed by atoms with Crippen molar-refractivity contribution in [1.82, 2.24) is 39.6 Å². The Morgan fingerprint density at radius 1 is 1.28 bits per heavy atom. The first kappa shape index (κ1) is 24.0. The van der Waals surface area contributed by atoms with E-state index >= 15 is 0 Å². The summed E-state index contributed by atoms with van der Waals surface area (Å²) in [6.07, 6.45) is 5.67. The number of nitrogens with one attached hydrogen (secondary N) is 1. The maximum absolute atomic E-state index is 9.67. The Morgan fingerprint density at radius 2 is 2.11 bits per heavy atom. The normalized spacial score (nSPS) is 17.3. The topological polar surface area (TPSA) is 119 Å². The molecule has 2 bridgehead atoms. The number of pyridine rings is 1. The molecule has 0 fully saturated rings. The van der Waals surface area contributed by atoms with E-state index in [2.05, 4.69) is 25.3 Å². The molecule has 0 radical (unpaired) electrons. The Bertz CT molecular complexity index is 1420. The lowest BCUT2D eigenvalue weighted by molar-refractivity contribution is 0.146. The second-order valence-electron chi connectivity index (χ2n) is 9.12. The number of aromatic amines is 1. The fourth-order valence-electron chi connectivity index (χ4n) is 4.69. The highest BCUT2D eigenvalue weighted by molar-refractivity contribution is 5.93. The van der Waals surface area contributed by atoms with Crippen LogP contribution in [0.5, 0.6) is 11.8 Å². The van der Waals surface area contributed by atoms with Crippen molar-refractivity contribution in [2.24, 2.45) is 7.05 Å². The minimum Gasteiger partial charge on any atom is -0.476 e. The fourth-order valence-corrected chi connectivity index (χ4v) is 4.69. The number of fused-ring (bicyclic) bond motifs is 4. The van der Waals surface area contributed by atoms with Gasteiger partial charge in [0.15, 0.2) is 0 Å². The Kier molecular flexibility index (Phi) is 6.50. The van der Waals surface area contributed by atoms with Gasteiger partial charge < -0.3 is 14.6 Å². The van der Waals surface area contributed by atoms with E-state index in [9.17, 15) is 5.11 Å². The predicted molar refractivity (Wildman–Crippen MR) is 137 cm³/mol. The van der Waals surface area contributed by atoms with E-state index in [1.165, 1.54) is 0 Å². The van der Waals surface area contributed by atoms with Crippen LogP contribution in [0, 0.1) is 6.92 Å². The minimum absolute atomic E-state index is 0.0177. The van der Waals surface area contributed by atoms with Crippen molar-refractivity contribution in [2.75, 3.05) is 26.8 Å². The number of hydrogen-bond donors (Lipinski definition) is 2. The summed E-state index contributed by atoms with van der Waals surface area (Å²) in [7, 11) is 3.91. The number of ether oxygens (including phenoxy) is 2. The Labute approximate surface area is 209 Å². The number of aliphatic hydroxyl groups excluding tert-OH is 1. The lowest BCUT2D eigenvalue weighted by Crippen LogP contribution is -2.32. The molecule has 1 aliphatic rings. The van der Waals surface area contributed by atoms with Gasteiger partial charge in [0.25, 0.3) is 0 Å². The molecule has 0 aromatic carbocycles. The van der Waals surface area contributed by atoms with Gasteiger partial charge in [-0.1, -0.05) is 0 Å². The van der Waals surface area contributed by atoms with Crippen LogP contribution >= 0.6 is 0 Å². The second kappa shape index (κ2) is 9.75. The van der Waals surface area contributed by atoms with Gasteiger partial charge in [-0.05, 0) is 46.0 Å². The van der Waals surface area contributed by atoms with Crippen molar-refractivity contribution in [3.8, 4) is 23.0 Å². The van der Waals surface area contributed by atoms with Gasteiger partial charge in [0.2, 0.25) is 11.8 Å². The maximum Gasteiger partial charge on any atom is 0.240 e. The van der Waals surface area contributed by atoms with Gasteiger partial charge in [-0.2, -0.15) is 10.2 Å². The predicted octanol–water partition coefficient (Wildman–Crippen LogP) is 2.64. The van der Waals surface area contributed by atoms with E-state index in [0.29, 0.717) is 38.0 Å². The summed E-state index contributed by atoms with van der Waals surface area (Å²) in [5, 5.41) is 27.4. The fraction of sp³-hybridized carbons (Fsp3) is 0.440. The first-order valence-electron chi connectivity index (χ1n) is 12.1. The molecule has 1 atom stereocenters. The third-order valence-corrected chi connectivity index (χ3v) is 6.28. The number of aromatic nitrogens is 7. The number of aryl methyl sites for hydroxylation is 2. The number of H-pyrrole nitrogens is 1. The number of nitrogens with zero attached hydrogens (tertiary/aromatic N) is 7. The van der Waals surface area contributed by atoms with Gasteiger partial charge in [0.1, 0.15) is 11.6 Å². The molecular weight excluding hydrogens is 460 g/mol. The lowest BCUT2D eigenvalue weighted by Gasteiger charge is -2.23. The molecule has 11 heteroatoms. The SMILES string of the molecule is CCOc1nn(CCO)c2c1/C=C/c1[nH]nc3c(C)nc(cc13)-c1cnn(C)c1O[C@H](C)CN(C)C2. The smallest absolute Gasteiger partial charge is 0.240 e. The molecule has 4 aromatic heterocycles. The quantitative estimate of drug-likeness (QED) is 0.446. The summed E-state index contributed by atoms with van der Waals surface area (Å²) in [6, 6.07) is 2.02. The number of hydrogen-bond acceptors (Lipinski definition) is 8. The molecule has 2 N–H and O–H groups in total. The summed E-state index contributed by atoms with van der Waals surface area (Å²) in [5.41, 5.74) is 5.92. The molecule has 11 nitrogen and oxygen atoms in total. The Morgan fingerprint density at radius 3 is 2.89 bits per heavy atom.